The van der Waals surface area contributed by atoms with E-state index in [1.54, 1.807) is 0 Å². The van der Waals surface area contributed by atoms with Crippen LogP contribution in [0.3, 0.4) is 0 Å². The summed E-state index contributed by atoms with van der Waals surface area (Å²) in [7, 11) is 9.53. The van der Waals surface area contributed by atoms with E-state index >= 15 is 0 Å². The van der Waals surface area contributed by atoms with Crippen LogP contribution in [-0.4, -0.2) is 16.4 Å². The number of nitrogens with zero attached hydrogens (tertiary/aromatic N) is 3. The molecular weight excluding hydrogens is 517 g/mol. The third-order valence-electron chi connectivity index (χ3n) is 6.70. The van der Waals surface area contributed by atoms with Crippen molar-refractivity contribution in [2.24, 2.45) is 9.98 Å². The van der Waals surface area contributed by atoms with Crippen LogP contribution in [0.25, 0.3) is 0 Å². The number of rotatable bonds is 4. The fourth-order valence-electron chi connectivity index (χ4n) is 4.02. The summed E-state index contributed by atoms with van der Waals surface area (Å²) in [6.07, 6.45) is 0. The molecule has 188 valence electrons. The third kappa shape index (κ3) is 7.05. The molecule has 3 aromatic rings. The van der Waals surface area contributed by atoms with Gasteiger partial charge in [-0.1, -0.05) is 18.2 Å². The Morgan fingerprint density at radius 1 is 0.629 bits per heavy atom. The van der Waals surface area contributed by atoms with Gasteiger partial charge in [-0.2, -0.15) is 0 Å². The normalized spacial score (nSPS) is 12.0. The van der Waals surface area contributed by atoms with Gasteiger partial charge in [0.1, 0.15) is 0 Å². The summed E-state index contributed by atoms with van der Waals surface area (Å²) < 4.78 is 0. The molecule has 0 amide bonds. The first-order valence-corrected chi connectivity index (χ1v) is 14.5. The van der Waals surface area contributed by atoms with Gasteiger partial charge in [0.25, 0.3) is 0 Å². The molecule has 0 bridgehead atoms. The average Bonchev–Trinajstić information content (AvgIpc) is 2.82. The SMILES string of the molecule is CC(=Nc1c(C)c(C)cc(C)c1C)c1cccc(C(C)=Nc2c(C)c(C)cc(C)c2C)n1.[Cl][Fe][Cl]. The van der Waals surface area contributed by atoms with E-state index in [2.05, 4.69) is 67.5 Å². The first-order valence-electron chi connectivity index (χ1n) is 11.5. The van der Waals surface area contributed by atoms with Gasteiger partial charge in [0, 0.05) is 0 Å². The molecule has 1 heterocycles. The van der Waals surface area contributed by atoms with Crippen molar-refractivity contribution < 1.29 is 13.1 Å². The maximum atomic E-state index is 5.00. The Hall–Kier alpha value is -1.97. The number of halogens is 2. The molecule has 2 aromatic carbocycles. The molecule has 1 aromatic heterocycles. The number of hydrogen-bond donors (Lipinski definition) is 0. The van der Waals surface area contributed by atoms with Crippen molar-refractivity contribution in [3.63, 3.8) is 0 Å². The molecule has 0 aliphatic carbocycles. The first kappa shape index (κ1) is 29.3. The summed E-state index contributed by atoms with van der Waals surface area (Å²) in [6, 6.07) is 10.5. The van der Waals surface area contributed by atoms with Crippen LogP contribution in [0.2, 0.25) is 0 Å². The summed E-state index contributed by atoms with van der Waals surface area (Å²) in [5.41, 5.74) is 15.7. The molecule has 0 saturated carbocycles. The Bertz CT molecular complexity index is 1150. The second-order valence-electron chi connectivity index (χ2n) is 9.07. The summed E-state index contributed by atoms with van der Waals surface area (Å²) in [6.45, 7) is 21.2. The van der Waals surface area contributed by atoms with Gasteiger partial charge in [-0.3, -0.25) is 9.98 Å². The van der Waals surface area contributed by atoms with Crippen LogP contribution in [0.1, 0.15) is 69.7 Å². The minimum atomic E-state index is 0.194. The van der Waals surface area contributed by atoms with Crippen molar-refractivity contribution in [3.05, 3.63) is 86.2 Å². The van der Waals surface area contributed by atoms with Gasteiger partial charge in [0.05, 0.1) is 34.2 Å². The Kier molecular flexibility index (Phi) is 10.7. The predicted molar refractivity (Wildman–Crippen MR) is 150 cm³/mol. The van der Waals surface area contributed by atoms with Crippen molar-refractivity contribution in [1.82, 2.24) is 4.98 Å². The molecule has 35 heavy (non-hydrogen) atoms. The van der Waals surface area contributed by atoms with Gasteiger partial charge in [-0.05, 0) is 126 Å². The standard InChI is InChI=1S/C29H35N3.2ClH.Fe/c1-16-14-17(2)21(6)28(20(16)5)30-24(9)26-12-11-13-27(32-26)25(10)31-29-22(7)18(3)15-19(4)23(29)8;;;/h11-15H,1-10H3;2*1H;/q;;;+2/p-2. The molecule has 0 radical (unpaired) electrons. The Morgan fingerprint density at radius 2 is 0.914 bits per heavy atom. The van der Waals surface area contributed by atoms with Gasteiger partial charge in [-0.25, -0.2) is 4.98 Å². The number of hydrogen-bond acceptors (Lipinski definition) is 3. The summed E-state index contributed by atoms with van der Waals surface area (Å²) >= 11 is 0.194. The molecule has 3 rings (SSSR count). The second-order valence-corrected chi connectivity index (χ2v) is 10.9. The molecule has 3 nitrogen and oxygen atoms in total. The van der Waals surface area contributed by atoms with E-state index in [-0.39, 0.29) is 13.1 Å². The molecular formula is C29H35Cl2FeN3. The topological polar surface area (TPSA) is 37.6 Å². The van der Waals surface area contributed by atoms with Gasteiger partial charge in [0.2, 0.25) is 0 Å². The average molecular weight is 552 g/mol. The minimum absolute atomic E-state index is 0.194. The van der Waals surface area contributed by atoms with Gasteiger partial charge < -0.3 is 0 Å². The number of aromatic nitrogens is 1. The number of aryl methyl sites for hydroxylation is 4. The van der Waals surface area contributed by atoms with E-state index in [1.807, 2.05) is 32.0 Å². The molecule has 0 unspecified atom stereocenters. The fraction of sp³-hybridized carbons (Fsp3) is 0.345. The van der Waals surface area contributed by atoms with Crippen LogP contribution in [0.4, 0.5) is 11.4 Å². The fourth-order valence-corrected chi connectivity index (χ4v) is 4.02. The summed E-state index contributed by atoms with van der Waals surface area (Å²) in [5.74, 6) is 0. The van der Waals surface area contributed by atoms with E-state index in [0.717, 1.165) is 34.2 Å². The van der Waals surface area contributed by atoms with Crippen molar-refractivity contribution in [2.45, 2.75) is 69.2 Å². The van der Waals surface area contributed by atoms with Gasteiger partial charge in [-0.15, -0.1) is 0 Å². The van der Waals surface area contributed by atoms with Crippen LogP contribution >= 0.6 is 20.2 Å². The van der Waals surface area contributed by atoms with E-state index in [4.69, 9.17) is 35.2 Å². The molecule has 0 N–H and O–H groups in total. The Morgan fingerprint density at radius 3 is 1.20 bits per heavy atom. The van der Waals surface area contributed by atoms with Crippen molar-refractivity contribution in [3.8, 4) is 0 Å². The quantitative estimate of drug-likeness (QED) is 0.235. The first-order chi connectivity index (χ1) is 16.4. The van der Waals surface area contributed by atoms with E-state index < -0.39 is 0 Å². The zero-order chi connectivity index (χ0) is 26.4. The molecule has 0 aliphatic rings. The van der Waals surface area contributed by atoms with Gasteiger partial charge >= 0.3 is 33.3 Å². The zero-order valence-corrected chi connectivity index (χ0v) is 25.0. The Balaban J connectivity index is 0.00000137. The molecule has 0 aliphatic heterocycles. The van der Waals surface area contributed by atoms with Crippen molar-refractivity contribution in [2.75, 3.05) is 0 Å². The second kappa shape index (κ2) is 12.8. The molecule has 0 atom stereocenters. The molecule has 0 fully saturated rings. The van der Waals surface area contributed by atoms with E-state index in [9.17, 15) is 0 Å². The summed E-state index contributed by atoms with van der Waals surface area (Å²) in [4.78, 5) is 14.9. The monoisotopic (exact) mass is 551 g/mol. The number of pyridine rings is 1. The predicted octanol–water partition coefficient (Wildman–Crippen LogP) is 9.21. The maximum absolute atomic E-state index is 5.00. The molecule has 6 heteroatoms. The number of aliphatic imine (C=N–C) groups is 2. The number of benzene rings is 2. The van der Waals surface area contributed by atoms with Crippen molar-refractivity contribution in [1.29, 1.82) is 0 Å². The zero-order valence-electron chi connectivity index (χ0n) is 22.3. The van der Waals surface area contributed by atoms with Crippen LogP contribution < -0.4 is 0 Å². The van der Waals surface area contributed by atoms with Crippen molar-refractivity contribution >= 4 is 43.0 Å². The van der Waals surface area contributed by atoms with Crippen LogP contribution in [0.15, 0.2) is 40.3 Å². The Labute approximate surface area is 225 Å². The van der Waals surface area contributed by atoms with E-state index in [0.29, 0.717) is 0 Å². The van der Waals surface area contributed by atoms with E-state index in [1.165, 1.54) is 44.5 Å². The summed E-state index contributed by atoms with van der Waals surface area (Å²) in [5, 5.41) is 0. The third-order valence-corrected chi connectivity index (χ3v) is 6.70. The van der Waals surface area contributed by atoms with Crippen LogP contribution in [0, 0.1) is 55.4 Å². The van der Waals surface area contributed by atoms with Gasteiger partial charge in [0.15, 0.2) is 0 Å². The van der Waals surface area contributed by atoms with Crippen LogP contribution in [0.5, 0.6) is 0 Å². The van der Waals surface area contributed by atoms with Crippen LogP contribution in [-0.2, 0) is 13.1 Å². The molecule has 0 saturated heterocycles. The molecule has 0 spiro atoms.